The van der Waals surface area contributed by atoms with Gasteiger partial charge < -0.3 is 10.2 Å². The Morgan fingerprint density at radius 1 is 1.26 bits per heavy atom. The molecule has 8 nitrogen and oxygen atoms in total. The van der Waals surface area contributed by atoms with Crippen molar-refractivity contribution in [3.8, 4) is 0 Å². The van der Waals surface area contributed by atoms with Crippen molar-refractivity contribution in [2.45, 2.75) is 25.7 Å². The molecule has 1 saturated heterocycles. The zero-order chi connectivity index (χ0) is 22.0. The summed E-state index contributed by atoms with van der Waals surface area (Å²) in [5.41, 5.74) is 1.35. The molecule has 2 aromatic heterocycles. The Bertz CT molecular complexity index is 1220. The first kappa shape index (κ1) is 21.0. The summed E-state index contributed by atoms with van der Waals surface area (Å²) >= 11 is 0. The summed E-state index contributed by atoms with van der Waals surface area (Å²) in [6.07, 6.45) is 1.70. The van der Waals surface area contributed by atoms with Gasteiger partial charge in [-0.05, 0) is 36.9 Å². The molecule has 1 fully saturated rings. The van der Waals surface area contributed by atoms with Crippen molar-refractivity contribution in [3.05, 3.63) is 74.1 Å². The van der Waals surface area contributed by atoms with Crippen LogP contribution < -0.4 is 16.6 Å². The number of nitrogens with zero attached hydrogens (tertiary/aromatic N) is 3. The maximum atomic E-state index is 12.9. The molecule has 1 amide bonds. The maximum absolute atomic E-state index is 12.9. The molecule has 3 aromatic rings. The highest BCUT2D eigenvalue weighted by molar-refractivity contribution is 6.05. The molecule has 8 heteroatoms. The second-order valence-electron chi connectivity index (χ2n) is 7.98. The summed E-state index contributed by atoms with van der Waals surface area (Å²) in [4.78, 5) is 46.3. The number of amides is 1. The minimum atomic E-state index is -0.594. The van der Waals surface area contributed by atoms with Crippen LogP contribution in [0.15, 0.2) is 46.0 Å². The number of aromatic amines is 1. The molecular weight excluding hydrogens is 394 g/mol. The van der Waals surface area contributed by atoms with Crippen molar-refractivity contribution in [2.75, 3.05) is 26.2 Å². The molecule has 0 bridgehead atoms. The van der Waals surface area contributed by atoms with E-state index in [2.05, 4.69) is 44.5 Å². The van der Waals surface area contributed by atoms with E-state index in [0.29, 0.717) is 24.6 Å². The average Bonchev–Trinajstić information content (AvgIpc) is 3.26. The molecule has 1 aliphatic rings. The molecule has 0 aliphatic carbocycles. The van der Waals surface area contributed by atoms with Gasteiger partial charge in [-0.25, -0.2) is 9.78 Å². The zero-order valence-electron chi connectivity index (χ0n) is 17.9. The number of carbonyl (C=O) groups excluding carboxylic acids is 1. The van der Waals surface area contributed by atoms with E-state index in [9.17, 15) is 14.4 Å². The molecule has 3 heterocycles. The number of likely N-dealkylation sites (tertiary alicyclic amines) is 1. The van der Waals surface area contributed by atoms with Crippen LogP contribution in [0.1, 0.15) is 40.9 Å². The summed E-state index contributed by atoms with van der Waals surface area (Å²) < 4.78 is 1.26. The number of hydrogen-bond acceptors (Lipinski definition) is 5. The summed E-state index contributed by atoms with van der Waals surface area (Å²) in [7, 11) is 1.53. The molecule has 1 aromatic carbocycles. The van der Waals surface area contributed by atoms with Gasteiger partial charge in [0.25, 0.3) is 11.5 Å². The monoisotopic (exact) mass is 421 g/mol. The second-order valence-corrected chi connectivity index (χ2v) is 7.98. The largest absolute Gasteiger partial charge is 0.351 e. The predicted molar refractivity (Wildman–Crippen MR) is 120 cm³/mol. The molecule has 0 radical (unpaired) electrons. The lowest BCUT2D eigenvalue weighted by molar-refractivity contribution is 0.0951. The van der Waals surface area contributed by atoms with Crippen molar-refractivity contribution in [2.24, 2.45) is 7.05 Å². The number of aryl methyl sites for hydroxylation is 2. The standard InChI is InChI=1S/C23H27N5O3/c1-3-17-13-18(19-20(25-17)27(2)23(31)26-22(19)30)21(29)24-10-12-28-11-9-16(14-28)15-7-5-4-6-8-15/h4-8,13,16H,3,9-12,14H2,1-2H3,(H,24,29)(H,26,30,31)/t16-/m0/s1. The van der Waals surface area contributed by atoms with E-state index in [1.54, 1.807) is 6.07 Å². The van der Waals surface area contributed by atoms with Gasteiger partial charge in [-0.1, -0.05) is 37.3 Å². The number of nitrogens with one attached hydrogen (secondary N) is 2. The summed E-state index contributed by atoms with van der Waals surface area (Å²) in [6.45, 7) is 5.11. The molecule has 162 valence electrons. The minimum Gasteiger partial charge on any atom is -0.351 e. The predicted octanol–water partition coefficient (Wildman–Crippen LogP) is 1.40. The SMILES string of the molecule is CCc1cc(C(=O)NCCN2CC[C@H](c3ccccc3)C2)c2c(=O)[nH]c(=O)n(C)c2n1. The minimum absolute atomic E-state index is 0.141. The molecule has 0 unspecified atom stereocenters. The highest BCUT2D eigenvalue weighted by atomic mass is 16.2. The highest BCUT2D eigenvalue weighted by Gasteiger charge is 2.24. The van der Waals surface area contributed by atoms with Crippen molar-refractivity contribution >= 4 is 16.9 Å². The lowest BCUT2D eigenvalue weighted by atomic mass is 9.99. The number of pyridine rings is 1. The van der Waals surface area contributed by atoms with Crippen molar-refractivity contribution in [1.29, 1.82) is 0 Å². The maximum Gasteiger partial charge on any atom is 0.329 e. The zero-order valence-corrected chi connectivity index (χ0v) is 17.9. The molecule has 1 aliphatic heterocycles. The fourth-order valence-electron chi connectivity index (χ4n) is 4.21. The fourth-order valence-corrected chi connectivity index (χ4v) is 4.21. The number of benzene rings is 1. The third-order valence-corrected chi connectivity index (χ3v) is 5.99. The molecule has 0 spiro atoms. The van der Waals surface area contributed by atoms with E-state index in [1.165, 1.54) is 17.2 Å². The molecule has 31 heavy (non-hydrogen) atoms. The van der Waals surface area contributed by atoms with Gasteiger partial charge in [0.1, 0.15) is 5.65 Å². The van der Waals surface area contributed by atoms with Crippen LogP contribution in [0.5, 0.6) is 0 Å². The van der Waals surface area contributed by atoms with Crippen LogP contribution in [0.2, 0.25) is 0 Å². The lowest BCUT2D eigenvalue weighted by Gasteiger charge is -2.17. The Morgan fingerprint density at radius 2 is 2.03 bits per heavy atom. The normalized spacial score (nSPS) is 16.6. The van der Waals surface area contributed by atoms with Gasteiger partial charge in [0.2, 0.25) is 0 Å². The first-order chi connectivity index (χ1) is 15.0. The highest BCUT2D eigenvalue weighted by Crippen LogP contribution is 2.26. The lowest BCUT2D eigenvalue weighted by Crippen LogP contribution is -2.35. The van der Waals surface area contributed by atoms with E-state index >= 15 is 0 Å². The Morgan fingerprint density at radius 3 is 2.77 bits per heavy atom. The summed E-state index contributed by atoms with van der Waals surface area (Å²) in [5.74, 6) is 0.193. The topological polar surface area (TPSA) is 100 Å². The van der Waals surface area contributed by atoms with E-state index in [0.717, 1.165) is 26.1 Å². The van der Waals surface area contributed by atoms with E-state index in [-0.39, 0.29) is 22.5 Å². The number of fused-ring (bicyclic) bond motifs is 1. The van der Waals surface area contributed by atoms with Crippen LogP contribution in [-0.2, 0) is 13.5 Å². The van der Waals surface area contributed by atoms with Crippen LogP contribution in [0.25, 0.3) is 11.0 Å². The molecule has 4 rings (SSSR count). The molecule has 2 N–H and O–H groups in total. The van der Waals surface area contributed by atoms with E-state index < -0.39 is 11.2 Å². The van der Waals surface area contributed by atoms with Gasteiger partial charge in [-0.15, -0.1) is 0 Å². The average molecular weight is 422 g/mol. The van der Waals surface area contributed by atoms with Gasteiger partial charge in [-0.3, -0.25) is 19.1 Å². The number of H-pyrrole nitrogens is 1. The van der Waals surface area contributed by atoms with Crippen molar-refractivity contribution in [3.63, 3.8) is 0 Å². The van der Waals surface area contributed by atoms with Gasteiger partial charge in [0.05, 0.1) is 10.9 Å². The van der Waals surface area contributed by atoms with Crippen LogP contribution in [0.3, 0.4) is 0 Å². The van der Waals surface area contributed by atoms with Gasteiger partial charge in [0, 0.05) is 32.4 Å². The first-order valence-electron chi connectivity index (χ1n) is 10.7. The fraction of sp³-hybridized carbons (Fsp3) is 0.391. The number of rotatable bonds is 6. The van der Waals surface area contributed by atoms with E-state index in [1.807, 2.05) is 13.0 Å². The molecular formula is C23H27N5O3. The van der Waals surface area contributed by atoms with Crippen molar-refractivity contribution < 1.29 is 4.79 Å². The Balaban J connectivity index is 1.46. The smallest absolute Gasteiger partial charge is 0.329 e. The van der Waals surface area contributed by atoms with Gasteiger partial charge in [-0.2, -0.15) is 0 Å². The number of aromatic nitrogens is 3. The Hall–Kier alpha value is -3.26. The third-order valence-electron chi connectivity index (χ3n) is 5.99. The molecule has 0 saturated carbocycles. The van der Waals surface area contributed by atoms with Gasteiger partial charge in [0.15, 0.2) is 0 Å². The van der Waals surface area contributed by atoms with Crippen LogP contribution in [0.4, 0.5) is 0 Å². The van der Waals surface area contributed by atoms with Crippen LogP contribution >= 0.6 is 0 Å². The first-order valence-corrected chi connectivity index (χ1v) is 10.7. The summed E-state index contributed by atoms with van der Waals surface area (Å²) in [5, 5.41) is 3.08. The Labute approximate surface area is 179 Å². The molecule has 1 atom stereocenters. The van der Waals surface area contributed by atoms with E-state index in [4.69, 9.17) is 0 Å². The quantitative estimate of drug-likeness (QED) is 0.627. The van der Waals surface area contributed by atoms with Crippen LogP contribution in [0, 0.1) is 0 Å². The number of carbonyl (C=O) groups is 1. The van der Waals surface area contributed by atoms with Crippen LogP contribution in [-0.4, -0.2) is 51.5 Å². The summed E-state index contributed by atoms with van der Waals surface area (Å²) in [6, 6.07) is 12.1. The van der Waals surface area contributed by atoms with Gasteiger partial charge >= 0.3 is 5.69 Å². The second kappa shape index (κ2) is 8.85. The Kier molecular flexibility index (Phi) is 5.99. The third kappa shape index (κ3) is 4.29. The number of hydrogen-bond donors (Lipinski definition) is 2. The van der Waals surface area contributed by atoms with Crippen molar-refractivity contribution in [1.82, 2.24) is 24.8 Å².